The number of carbonyl (C=O) groups is 2. The highest BCUT2D eigenvalue weighted by atomic mass is 32.2. The fourth-order valence-corrected chi connectivity index (χ4v) is 2.37. The summed E-state index contributed by atoms with van der Waals surface area (Å²) in [6.45, 7) is 4.36. The van der Waals surface area contributed by atoms with Gasteiger partial charge in [0.15, 0.2) is 6.10 Å². The summed E-state index contributed by atoms with van der Waals surface area (Å²) in [5, 5.41) is 2.62. The van der Waals surface area contributed by atoms with E-state index in [1.54, 1.807) is 14.0 Å². The second-order valence-electron chi connectivity index (χ2n) is 4.47. The first-order chi connectivity index (χ1) is 10.0. The Bertz CT molecular complexity index is 478. The summed E-state index contributed by atoms with van der Waals surface area (Å²) in [6, 6.07) is 7.81. The van der Waals surface area contributed by atoms with Crippen LogP contribution in [0.5, 0.6) is 0 Å². The number of benzene rings is 1. The number of methoxy groups -OCH3 is 1. The minimum absolute atomic E-state index is 0.181. The maximum Gasteiger partial charge on any atom is 0.317 e. The summed E-state index contributed by atoms with van der Waals surface area (Å²) >= 11 is 1.40. The first-order valence-corrected chi connectivity index (χ1v) is 7.67. The van der Waals surface area contributed by atoms with Crippen LogP contribution in [0.2, 0.25) is 0 Å². The van der Waals surface area contributed by atoms with Gasteiger partial charge in [-0.05, 0) is 25.5 Å². The molecule has 0 aliphatic rings. The molecule has 1 amide bonds. The topological polar surface area (TPSA) is 64.6 Å². The van der Waals surface area contributed by atoms with Gasteiger partial charge in [-0.15, -0.1) is 11.8 Å². The molecule has 0 heterocycles. The maximum absolute atomic E-state index is 11.7. The number of carbonyl (C=O) groups excluding carboxylic acids is 2. The van der Waals surface area contributed by atoms with Gasteiger partial charge in [-0.25, -0.2) is 0 Å². The molecule has 1 N–H and O–H groups in total. The van der Waals surface area contributed by atoms with Gasteiger partial charge in [0, 0.05) is 18.6 Å². The van der Waals surface area contributed by atoms with Crippen LogP contribution >= 0.6 is 11.8 Å². The van der Waals surface area contributed by atoms with Crippen molar-refractivity contribution in [3.05, 3.63) is 29.8 Å². The minimum Gasteiger partial charge on any atom is -0.452 e. The SMILES string of the molecule is COCCNC(=O)[C@@H](C)OC(=O)CSc1ccccc1C. The lowest BCUT2D eigenvalue weighted by molar-refractivity contribution is -0.152. The minimum atomic E-state index is -0.799. The van der Waals surface area contributed by atoms with Gasteiger partial charge in [0.1, 0.15) is 0 Å². The number of rotatable bonds is 8. The van der Waals surface area contributed by atoms with E-state index in [-0.39, 0.29) is 11.7 Å². The third-order valence-corrected chi connectivity index (χ3v) is 3.87. The van der Waals surface area contributed by atoms with Crippen LogP contribution in [-0.4, -0.2) is 44.0 Å². The van der Waals surface area contributed by atoms with E-state index in [0.29, 0.717) is 13.2 Å². The van der Waals surface area contributed by atoms with Crippen LogP contribution in [0.15, 0.2) is 29.2 Å². The molecule has 116 valence electrons. The Balaban J connectivity index is 2.33. The van der Waals surface area contributed by atoms with Gasteiger partial charge in [0.2, 0.25) is 0 Å². The average molecular weight is 311 g/mol. The number of amides is 1. The molecule has 21 heavy (non-hydrogen) atoms. The predicted molar refractivity (Wildman–Crippen MR) is 82.3 cm³/mol. The van der Waals surface area contributed by atoms with E-state index >= 15 is 0 Å². The van der Waals surface area contributed by atoms with Crippen LogP contribution in [0.1, 0.15) is 12.5 Å². The van der Waals surface area contributed by atoms with Crippen molar-refractivity contribution in [2.75, 3.05) is 26.0 Å². The molecular weight excluding hydrogens is 290 g/mol. The quantitative estimate of drug-likeness (QED) is 0.450. The third kappa shape index (κ3) is 6.64. The molecule has 0 radical (unpaired) electrons. The van der Waals surface area contributed by atoms with E-state index in [1.165, 1.54) is 11.8 Å². The molecule has 1 aromatic carbocycles. The first-order valence-electron chi connectivity index (χ1n) is 6.69. The zero-order chi connectivity index (χ0) is 15.7. The Kier molecular flexibility index (Phi) is 7.85. The highest BCUT2D eigenvalue weighted by Crippen LogP contribution is 2.21. The van der Waals surface area contributed by atoms with Crippen molar-refractivity contribution in [2.24, 2.45) is 0 Å². The number of thioether (sulfide) groups is 1. The van der Waals surface area contributed by atoms with Gasteiger partial charge in [-0.3, -0.25) is 9.59 Å². The standard InChI is InChI=1S/C15H21NO4S/c1-11-6-4-5-7-13(11)21-10-14(17)20-12(2)15(18)16-8-9-19-3/h4-7,12H,8-10H2,1-3H3,(H,16,18)/t12-/m1/s1. The van der Waals surface area contributed by atoms with Crippen molar-refractivity contribution >= 4 is 23.6 Å². The van der Waals surface area contributed by atoms with Crippen molar-refractivity contribution in [1.82, 2.24) is 5.32 Å². The van der Waals surface area contributed by atoms with E-state index in [2.05, 4.69) is 5.32 Å². The Morgan fingerprint density at radius 3 is 2.71 bits per heavy atom. The molecule has 1 aromatic rings. The van der Waals surface area contributed by atoms with Crippen LogP contribution in [-0.2, 0) is 19.1 Å². The van der Waals surface area contributed by atoms with Gasteiger partial charge >= 0.3 is 5.97 Å². The van der Waals surface area contributed by atoms with Gasteiger partial charge in [-0.2, -0.15) is 0 Å². The molecule has 0 bridgehead atoms. The van der Waals surface area contributed by atoms with E-state index in [4.69, 9.17) is 9.47 Å². The Morgan fingerprint density at radius 2 is 2.05 bits per heavy atom. The Hall–Kier alpha value is -1.53. The number of ether oxygens (including phenoxy) is 2. The van der Waals surface area contributed by atoms with Crippen molar-refractivity contribution in [3.8, 4) is 0 Å². The van der Waals surface area contributed by atoms with Crippen LogP contribution in [0.3, 0.4) is 0 Å². The molecule has 0 aliphatic heterocycles. The van der Waals surface area contributed by atoms with Crippen molar-refractivity contribution in [2.45, 2.75) is 24.8 Å². The summed E-state index contributed by atoms with van der Waals surface area (Å²) in [6.07, 6.45) is -0.799. The third-order valence-electron chi connectivity index (χ3n) is 2.72. The molecule has 0 saturated carbocycles. The van der Waals surface area contributed by atoms with Gasteiger partial charge < -0.3 is 14.8 Å². The molecule has 1 atom stereocenters. The molecule has 0 unspecified atom stereocenters. The normalized spacial score (nSPS) is 11.8. The molecule has 5 nitrogen and oxygen atoms in total. The maximum atomic E-state index is 11.7. The number of aryl methyl sites for hydroxylation is 1. The molecular formula is C15H21NO4S. The zero-order valence-electron chi connectivity index (χ0n) is 12.5. The van der Waals surface area contributed by atoms with E-state index in [1.807, 2.05) is 31.2 Å². The van der Waals surface area contributed by atoms with E-state index < -0.39 is 12.1 Å². The van der Waals surface area contributed by atoms with Crippen LogP contribution in [0, 0.1) is 6.92 Å². The highest BCUT2D eigenvalue weighted by molar-refractivity contribution is 8.00. The number of esters is 1. The Labute approximate surface area is 129 Å². The molecule has 1 rings (SSSR count). The fraction of sp³-hybridized carbons (Fsp3) is 0.467. The Morgan fingerprint density at radius 1 is 1.33 bits per heavy atom. The molecule has 0 spiro atoms. The van der Waals surface area contributed by atoms with Crippen LogP contribution in [0.25, 0.3) is 0 Å². The average Bonchev–Trinajstić information content (AvgIpc) is 2.46. The summed E-state index contributed by atoms with van der Waals surface area (Å²) in [4.78, 5) is 24.4. The number of nitrogens with one attached hydrogen (secondary N) is 1. The van der Waals surface area contributed by atoms with Crippen LogP contribution < -0.4 is 5.32 Å². The highest BCUT2D eigenvalue weighted by Gasteiger charge is 2.17. The van der Waals surface area contributed by atoms with Gasteiger partial charge in [-0.1, -0.05) is 18.2 Å². The van der Waals surface area contributed by atoms with Gasteiger partial charge in [0.05, 0.1) is 12.4 Å². The number of hydrogen-bond donors (Lipinski definition) is 1. The van der Waals surface area contributed by atoms with Crippen LogP contribution in [0.4, 0.5) is 0 Å². The van der Waals surface area contributed by atoms with Gasteiger partial charge in [0.25, 0.3) is 5.91 Å². The fourth-order valence-electron chi connectivity index (χ4n) is 1.56. The molecule has 0 fully saturated rings. The number of hydrogen-bond acceptors (Lipinski definition) is 5. The van der Waals surface area contributed by atoms with Crippen molar-refractivity contribution in [1.29, 1.82) is 0 Å². The molecule has 6 heteroatoms. The zero-order valence-corrected chi connectivity index (χ0v) is 13.4. The molecule has 0 aliphatic carbocycles. The second-order valence-corrected chi connectivity index (χ2v) is 5.49. The van der Waals surface area contributed by atoms with Crippen molar-refractivity contribution in [3.63, 3.8) is 0 Å². The predicted octanol–water partition coefficient (Wildman–Crippen LogP) is 1.78. The van der Waals surface area contributed by atoms with E-state index in [0.717, 1.165) is 10.5 Å². The summed E-state index contributed by atoms with van der Waals surface area (Å²) in [5.74, 6) is -0.542. The molecule has 0 saturated heterocycles. The summed E-state index contributed by atoms with van der Waals surface area (Å²) in [5.41, 5.74) is 1.11. The monoisotopic (exact) mass is 311 g/mol. The smallest absolute Gasteiger partial charge is 0.317 e. The second kappa shape index (κ2) is 9.41. The largest absolute Gasteiger partial charge is 0.452 e. The lowest BCUT2D eigenvalue weighted by Crippen LogP contribution is -2.37. The van der Waals surface area contributed by atoms with Crippen molar-refractivity contribution < 1.29 is 19.1 Å². The lowest BCUT2D eigenvalue weighted by Gasteiger charge is -2.13. The summed E-state index contributed by atoms with van der Waals surface area (Å²) in [7, 11) is 1.55. The van der Waals surface area contributed by atoms with E-state index in [9.17, 15) is 9.59 Å². The molecule has 0 aromatic heterocycles. The lowest BCUT2D eigenvalue weighted by atomic mass is 10.2. The first kappa shape index (κ1) is 17.5. The summed E-state index contributed by atoms with van der Waals surface area (Å²) < 4.78 is 9.92.